The molecule has 144 valence electrons. The molecule has 0 heterocycles. The van der Waals surface area contributed by atoms with E-state index in [0.717, 1.165) is 36.5 Å². The maximum atomic E-state index is 10.7. The van der Waals surface area contributed by atoms with E-state index in [0.29, 0.717) is 22.7 Å². The Balaban J connectivity index is 1.65. The highest BCUT2D eigenvalue weighted by Crippen LogP contribution is 2.69. The summed E-state index contributed by atoms with van der Waals surface area (Å²) >= 11 is 0. The molecule has 4 aliphatic rings. The van der Waals surface area contributed by atoms with E-state index in [-0.39, 0.29) is 6.10 Å². The van der Waals surface area contributed by atoms with Crippen molar-refractivity contribution in [3.63, 3.8) is 0 Å². The third-order valence-corrected chi connectivity index (χ3v) is 9.97. The van der Waals surface area contributed by atoms with Crippen LogP contribution in [0, 0.1) is 46.3 Å². The average molecular weight is 349 g/mol. The molecule has 0 saturated heterocycles. The van der Waals surface area contributed by atoms with E-state index in [4.69, 9.17) is 0 Å². The van der Waals surface area contributed by atoms with Gasteiger partial charge in [0.05, 0.1) is 11.7 Å². The lowest BCUT2D eigenvalue weighted by Gasteiger charge is -2.63. The van der Waals surface area contributed by atoms with Crippen LogP contribution < -0.4 is 0 Å². The van der Waals surface area contributed by atoms with E-state index in [9.17, 15) is 10.2 Å². The smallest absolute Gasteiger partial charge is 0.0622 e. The third kappa shape index (κ3) is 2.57. The lowest BCUT2D eigenvalue weighted by molar-refractivity contribution is -0.167. The molecule has 4 aliphatic carbocycles. The molecule has 4 saturated carbocycles. The summed E-state index contributed by atoms with van der Waals surface area (Å²) in [6, 6.07) is 0. The van der Waals surface area contributed by atoms with Gasteiger partial charge in [-0.1, -0.05) is 20.8 Å². The first-order valence-corrected chi connectivity index (χ1v) is 11.0. The minimum absolute atomic E-state index is 0.154. The van der Waals surface area contributed by atoms with Crippen molar-refractivity contribution in [3.8, 4) is 0 Å². The van der Waals surface area contributed by atoms with E-state index in [1.54, 1.807) is 0 Å². The van der Waals surface area contributed by atoms with Gasteiger partial charge < -0.3 is 10.2 Å². The van der Waals surface area contributed by atoms with Crippen LogP contribution in [0.4, 0.5) is 0 Å². The van der Waals surface area contributed by atoms with Crippen LogP contribution >= 0.6 is 0 Å². The molecule has 0 spiro atoms. The first-order valence-electron chi connectivity index (χ1n) is 11.0. The van der Waals surface area contributed by atoms with E-state index in [1.165, 1.54) is 38.5 Å². The highest BCUT2D eigenvalue weighted by atomic mass is 16.3. The van der Waals surface area contributed by atoms with Crippen LogP contribution in [0.3, 0.4) is 0 Å². The summed E-state index contributed by atoms with van der Waals surface area (Å²) < 4.78 is 0. The Morgan fingerprint density at radius 1 is 0.920 bits per heavy atom. The normalized spacial score (nSPS) is 59.6. The lowest BCUT2D eigenvalue weighted by Crippen LogP contribution is -2.58. The summed E-state index contributed by atoms with van der Waals surface area (Å²) in [6.07, 6.45) is 9.56. The fraction of sp³-hybridized carbons (Fsp3) is 1.00. The topological polar surface area (TPSA) is 40.5 Å². The van der Waals surface area contributed by atoms with Crippen molar-refractivity contribution in [1.82, 2.24) is 0 Å². The molecule has 4 fully saturated rings. The molecule has 2 heteroatoms. The van der Waals surface area contributed by atoms with Gasteiger partial charge in [-0.05, 0) is 112 Å². The maximum absolute atomic E-state index is 10.7. The van der Waals surface area contributed by atoms with Crippen molar-refractivity contribution < 1.29 is 10.2 Å². The van der Waals surface area contributed by atoms with Gasteiger partial charge in [0.15, 0.2) is 0 Å². The third-order valence-electron chi connectivity index (χ3n) is 9.97. The fourth-order valence-corrected chi connectivity index (χ4v) is 8.65. The van der Waals surface area contributed by atoms with Gasteiger partial charge in [0.25, 0.3) is 0 Å². The van der Waals surface area contributed by atoms with Gasteiger partial charge in [-0.2, -0.15) is 0 Å². The quantitative estimate of drug-likeness (QED) is 0.698. The summed E-state index contributed by atoms with van der Waals surface area (Å²) in [7, 11) is 0. The van der Waals surface area contributed by atoms with Crippen molar-refractivity contribution in [1.29, 1.82) is 0 Å². The molecular formula is C23H40O2. The predicted octanol–water partition coefficient (Wildman–Crippen LogP) is 5.02. The van der Waals surface area contributed by atoms with Gasteiger partial charge in [-0.3, -0.25) is 0 Å². The van der Waals surface area contributed by atoms with E-state index in [1.807, 2.05) is 6.92 Å². The summed E-state index contributed by atoms with van der Waals surface area (Å²) in [5.41, 5.74) is 0.349. The van der Waals surface area contributed by atoms with Gasteiger partial charge in [0.2, 0.25) is 0 Å². The summed E-state index contributed by atoms with van der Waals surface area (Å²) in [4.78, 5) is 0. The van der Waals surface area contributed by atoms with Crippen LogP contribution in [0.2, 0.25) is 0 Å². The largest absolute Gasteiger partial charge is 0.393 e. The van der Waals surface area contributed by atoms with Crippen LogP contribution in [0.5, 0.6) is 0 Å². The molecule has 0 bridgehead atoms. The molecule has 0 aromatic rings. The molecule has 2 N–H and O–H groups in total. The van der Waals surface area contributed by atoms with Crippen molar-refractivity contribution in [3.05, 3.63) is 0 Å². The molecule has 25 heavy (non-hydrogen) atoms. The highest BCUT2D eigenvalue weighted by Gasteiger charge is 2.62. The standard InChI is InChI=1S/C23H40O2/c1-14-12-16-13-21(3,25)10-11-22(16,4)19-8-9-23(5)17(15(2)24)6-7-18(23)20(14)19/h14-20,24-25H,6-13H2,1-5H3/t14?,15?,16-,17+,18-,19-,20-,21+,22-,23+/m0/s1. The van der Waals surface area contributed by atoms with Gasteiger partial charge in [-0.15, -0.1) is 0 Å². The van der Waals surface area contributed by atoms with Gasteiger partial charge in [-0.25, -0.2) is 0 Å². The Labute approximate surface area is 154 Å². The zero-order valence-electron chi connectivity index (χ0n) is 17.1. The fourth-order valence-electron chi connectivity index (χ4n) is 8.65. The first-order chi connectivity index (χ1) is 11.6. The van der Waals surface area contributed by atoms with Crippen molar-refractivity contribution in [2.24, 2.45) is 46.3 Å². The molecule has 2 nitrogen and oxygen atoms in total. The van der Waals surface area contributed by atoms with E-state index < -0.39 is 5.60 Å². The highest BCUT2D eigenvalue weighted by molar-refractivity contribution is 5.11. The van der Waals surface area contributed by atoms with Gasteiger partial charge >= 0.3 is 0 Å². The molecule has 0 aliphatic heterocycles. The van der Waals surface area contributed by atoms with E-state index >= 15 is 0 Å². The molecule has 0 amide bonds. The summed E-state index contributed by atoms with van der Waals surface area (Å²) in [5.74, 6) is 4.46. The minimum Gasteiger partial charge on any atom is -0.393 e. The minimum atomic E-state index is -0.440. The SMILES string of the molecule is CC1C[C@H]2C[C@](C)(O)CC[C@]2(C)[C@H]2CC[C@]3(C)[C@@H](C(C)O)CC[C@H]3[C@H]12. The monoisotopic (exact) mass is 348 g/mol. The number of hydrogen-bond acceptors (Lipinski definition) is 2. The summed E-state index contributed by atoms with van der Waals surface area (Å²) in [6.45, 7) is 11.7. The Hall–Kier alpha value is -0.0800. The zero-order chi connectivity index (χ0) is 18.2. The number of rotatable bonds is 1. The second kappa shape index (κ2) is 5.71. The molecule has 0 aromatic carbocycles. The Bertz CT molecular complexity index is 526. The van der Waals surface area contributed by atoms with Gasteiger partial charge in [0.1, 0.15) is 0 Å². The molecule has 0 radical (unpaired) electrons. The van der Waals surface area contributed by atoms with Gasteiger partial charge in [0, 0.05) is 0 Å². The second-order valence-corrected chi connectivity index (χ2v) is 11.4. The van der Waals surface area contributed by atoms with Crippen LogP contribution in [-0.2, 0) is 0 Å². The predicted molar refractivity (Wildman–Crippen MR) is 102 cm³/mol. The molecular weight excluding hydrogens is 308 g/mol. The summed E-state index contributed by atoms with van der Waals surface area (Å²) in [5, 5.41) is 21.1. The molecule has 2 unspecified atom stereocenters. The molecule has 4 rings (SSSR count). The van der Waals surface area contributed by atoms with Crippen molar-refractivity contribution in [2.75, 3.05) is 0 Å². The van der Waals surface area contributed by atoms with Crippen molar-refractivity contribution >= 4 is 0 Å². The molecule has 10 atom stereocenters. The maximum Gasteiger partial charge on any atom is 0.0622 e. The van der Waals surface area contributed by atoms with Crippen molar-refractivity contribution in [2.45, 2.75) is 97.7 Å². The van der Waals surface area contributed by atoms with Crippen LogP contribution in [0.25, 0.3) is 0 Å². The second-order valence-electron chi connectivity index (χ2n) is 11.4. The number of fused-ring (bicyclic) bond motifs is 5. The average Bonchev–Trinajstić information content (AvgIpc) is 2.86. The Morgan fingerprint density at radius 2 is 1.60 bits per heavy atom. The Kier molecular flexibility index (Phi) is 4.18. The van der Waals surface area contributed by atoms with E-state index in [2.05, 4.69) is 27.7 Å². The number of aliphatic hydroxyl groups is 2. The molecule has 0 aromatic heterocycles. The number of aliphatic hydroxyl groups excluding tert-OH is 1. The van der Waals surface area contributed by atoms with Crippen LogP contribution in [-0.4, -0.2) is 21.9 Å². The van der Waals surface area contributed by atoms with Crippen LogP contribution in [0.15, 0.2) is 0 Å². The zero-order valence-corrected chi connectivity index (χ0v) is 17.1. The Morgan fingerprint density at radius 3 is 2.28 bits per heavy atom. The number of hydrogen-bond donors (Lipinski definition) is 2. The lowest BCUT2D eigenvalue weighted by atomic mass is 9.42. The first kappa shape index (κ1) is 18.3. The van der Waals surface area contributed by atoms with Crippen LogP contribution in [0.1, 0.15) is 86.0 Å².